The summed E-state index contributed by atoms with van der Waals surface area (Å²) in [6.45, 7) is 2.18. The van der Waals surface area contributed by atoms with Crippen molar-refractivity contribution in [3.8, 4) is 0 Å². The van der Waals surface area contributed by atoms with Gasteiger partial charge in [0, 0.05) is 0 Å². The standard InChI is InChI=1S/C13H14ClN3O2/c1-2-19-12(18)13(6-3-7-13)11-15-8-9-4-5-10(14)16-17(9)11/h4-5,8H,2-3,6-7H2,1H3. The number of nitrogens with zero attached hydrogens (tertiary/aromatic N) is 3. The molecule has 0 aromatic carbocycles. The molecule has 19 heavy (non-hydrogen) atoms. The lowest BCUT2D eigenvalue weighted by Crippen LogP contribution is -2.45. The molecule has 100 valence electrons. The normalized spacial score (nSPS) is 17.2. The molecule has 0 N–H and O–H groups in total. The van der Waals surface area contributed by atoms with Crippen molar-refractivity contribution in [1.82, 2.24) is 14.6 Å². The maximum absolute atomic E-state index is 12.2. The number of aromatic nitrogens is 3. The van der Waals surface area contributed by atoms with Gasteiger partial charge in [0.1, 0.15) is 16.4 Å². The fraction of sp³-hybridized carbons (Fsp3) is 0.462. The van der Waals surface area contributed by atoms with Crippen LogP contribution in [0.1, 0.15) is 32.0 Å². The molecule has 0 radical (unpaired) electrons. The van der Waals surface area contributed by atoms with Crippen LogP contribution in [0.3, 0.4) is 0 Å². The van der Waals surface area contributed by atoms with Crippen molar-refractivity contribution < 1.29 is 9.53 Å². The summed E-state index contributed by atoms with van der Waals surface area (Å²) in [7, 11) is 0. The highest BCUT2D eigenvalue weighted by atomic mass is 35.5. The molecule has 0 spiro atoms. The third-order valence-corrected chi connectivity index (χ3v) is 3.85. The number of halogens is 1. The predicted molar refractivity (Wildman–Crippen MR) is 70.2 cm³/mol. The number of imidazole rings is 1. The van der Waals surface area contributed by atoms with Gasteiger partial charge in [0.15, 0.2) is 0 Å². The first-order chi connectivity index (χ1) is 9.17. The molecular weight excluding hydrogens is 266 g/mol. The highest BCUT2D eigenvalue weighted by Crippen LogP contribution is 2.44. The van der Waals surface area contributed by atoms with Gasteiger partial charge in [0.25, 0.3) is 0 Å². The zero-order chi connectivity index (χ0) is 13.5. The smallest absolute Gasteiger partial charge is 0.319 e. The zero-order valence-corrected chi connectivity index (χ0v) is 11.4. The molecule has 1 aliphatic rings. The first-order valence-corrected chi connectivity index (χ1v) is 6.73. The van der Waals surface area contributed by atoms with Crippen LogP contribution in [0.15, 0.2) is 18.3 Å². The van der Waals surface area contributed by atoms with Crippen molar-refractivity contribution >= 4 is 23.1 Å². The molecule has 0 atom stereocenters. The zero-order valence-electron chi connectivity index (χ0n) is 10.6. The number of hydrogen-bond acceptors (Lipinski definition) is 4. The van der Waals surface area contributed by atoms with Gasteiger partial charge in [-0.15, -0.1) is 0 Å². The molecular formula is C13H14ClN3O2. The van der Waals surface area contributed by atoms with Gasteiger partial charge in [0.2, 0.25) is 0 Å². The Morgan fingerprint density at radius 2 is 2.32 bits per heavy atom. The Bertz CT molecular complexity index is 634. The van der Waals surface area contributed by atoms with E-state index in [0.29, 0.717) is 17.6 Å². The number of fused-ring (bicyclic) bond motifs is 1. The van der Waals surface area contributed by atoms with Gasteiger partial charge >= 0.3 is 5.97 Å². The number of esters is 1. The minimum atomic E-state index is -0.653. The summed E-state index contributed by atoms with van der Waals surface area (Å²) < 4.78 is 6.85. The van der Waals surface area contributed by atoms with Crippen LogP contribution in [0.5, 0.6) is 0 Å². The van der Waals surface area contributed by atoms with Gasteiger partial charge < -0.3 is 4.74 Å². The quantitative estimate of drug-likeness (QED) is 0.810. The number of carbonyl (C=O) groups excluding carboxylic acids is 1. The molecule has 1 aliphatic carbocycles. The van der Waals surface area contributed by atoms with Crippen LogP contribution < -0.4 is 0 Å². The molecule has 2 aromatic heterocycles. The van der Waals surface area contributed by atoms with Gasteiger partial charge in [-0.1, -0.05) is 18.0 Å². The van der Waals surface area contributed by atoms with Gasteiger partial charge in [-0.3, -0.25) is 4.79 Å². The van der Waals surface area contributed by atoms with Crippen LogP contribution in [0, 0.1) is 0 Å². The molecule has 3 rings (SSSR count). The maximum Gasteiger partial charge on any atom is 0.319 e. The van der Waals surface area contributed by atoms with Crippen LogP contribution in [-0.2, 0) is 14.9 Å². The minimum absolute atomic E-state index is 0.212. The Kier molecular flexibility index (Phi) is 2.93. The monoisotopic (exact) mass is 279 g/mol. The van der Waals surface area contributed by atoms with Gasteiger partial charge in [0.05, 0.1) is 18.3 Å². The van der Waals surface area contributed by atoms with E-state index in [1.54, 1.807) is 16.8 Å². The summed E-state index contributed by atoms with van der Waals surface area (Å²) in [6, 6.07) is 3.55. The van der Waals surface area contributed by atoms with E-state index >= 15 is 0 Å². The molecule has 0 saturated heterocycles. The van der Waals surface area contributed by atoms with Crippen molar-refractivity contribution in [2.45, 2.75) is 31.6 Å². The van der Waals surface area contributed by atoms with Crippen molar-refractivity contribution in [3.05, 3.63) is 29.3 Å². The number of carbonyl (C=O) groups is 1. The lowest BCUT2D eigenvalue weighted by atomic mass is 9.68. The minimum Gasteiger partial charge on any atom is -0.465 e. The van der Waals surface area contributed by atoms with Crippen molar-refractivity contribution in [1.29, 1.82) is 0 Å². The van der Waals surface area contributed by atoms with Crippen LogP contribution in [0.4, 0.5) is 0 Å². The SMILES string of the molecule is CCOC(=O)C1(c2ncc3ccc(Cl)nn23)CCC1. The Morgan fingerprint density at radius 1 is 1.53 bits per heavy atom. The Labute approximate surface area is 115 Å². The largest absolute Gasteiger partial charge is 0.465 e. The summed E-state index contributed by atoms with van der Waals surface area (Å²) in [5.74, 6) is 0.422. The lowest BCUT2D eigenvalue weighted by molar-refractivity contribution is -0.154. The van der Waals surface area contributed by atoms with Crippen molar-refractivity contribution in [2.75, 3.05) is 6.61 Å². The van der Waals surface area contributed by atoms with Crippen LogP contribution in [-0.4, -0.2) is 27.2 Å². The summed E-state index contributed by atoms with van der Waals surface area (Å²) in [4.78, 5) is 16.6. The molecule has 0 amide bonds. The highest BCUT2D eigenvalue weighted by Gasteiger charge is 2.50. The molecule has 2 aromatic rings. The van der Waals surface area contributed by atoms with E-state index in [1.807, 2.05) is 13.0 Å². The second kappa shape index (κ2) is 4.49. The molecule has 0 unspecified atom stereocenters. The Balaban J connectivity index is 2.11. The lowest BCUT2D eigenvalue weighted by Gasteiger charge is -2.37. The summed E-state index contributed by atoms with van der Waals surface area (Å²) in [5.41, 5.74) is 0.176. The van der Waals surface area contributed by atoms with Crippen molar-refractivity contribution in [3.63, 3.8) is 0 Å². The third-order valence-electron chi connectivity index (χ3n) is 3.65. The topological polar surface area (TPSA) is 56.5 Å². The molecule has 1 saturated carbocycles. The first kappa shape index (κ1) is 12.4. The molecule has 0 bridgehead atoms. The Hall–Kier alpha value is -1.62. The first-order valence-electron chi connectivity index (χ1n) is 6.35. The van der Waals surface area contributed by atoms with E-state index < -0.39 is 5.41 Å². The van der Waals surface area contributed by atoms with Crippen LogP contribution >= 0.6 is 11.6 Å². The highest BCUT2D eigenvalue weighted by molar-refractivity contribution is 6.29. The summed E-state index contributed by atoms with van der Waals surface area (Å²) >= 11 is 5.92. The summed E-state index contributed by atoms with van der Waals surface area (Å²) in [6.07, 6.45) is 4.20. The third kappa shape index (κ3) is 1.80. The average Bonchev–Trinajstić information content (AvgIpc) is 2.72. The molecule has 0 aliphatic heterocycles. The fourth-order valence-electron chi connectivity index (χ4n) is 2.51. The van der Waals surface area contributed by atoms with E-state index in [4.69, 9.17) is 16.3 Å². The molecule has 2 heterocycles. The van der Waals surface area contributed by atoms with Crippen molar-refractivity contribution in [2.24, 2.45) is 0 Å². The summed E-state index contributed by atoms with van der Waals surface area (Å²) in [5, 5.41) is 4.62. The van der Waals surface area contributed by atoms with E-state index in [1.165, 1.54) is 0 Å². The average molecular weight is 280 g/mol. The number of ether oxygens (including phenoxy) is 1. The predicted octanol–water partition coefficient (Wildman–Crippen LogP) is 2.37. The van der Waals surface area contributed by atoms with E-state index in [-0.39, 0.29) is 5.97 Å². The fourth-order valence-corrected chi connectivity index (χ4v) is 2.64. The van der Waals surface area contributed by atoms with Gasteiger partial charge in [-0.25, -0.2) is 9.50 Å². The van der Waals surface area contributed by atoms with Crippen LogP contribution in [0.25, 0.3) is 5.52 Å². The number of rotatable bonds is 3. The molecule has 1 fully saturated rings. The maximum atomic E-state index is 12.2. The molecule has 5 nitrogen and oxygen atoms in total. The number of hydrogen-bond donors (Lipinski definition) is 0. The molecule has 6 heteroatoms. The van der Waals surface area contributed by atoms with E-state index in [2.05, 4.69) is 10.1 Å². The van der Waals surface area contributed by atoms with Crippen LogP contribution in [0.2, 0.25) is 5.15 Å². The second-order valence-corrected chi connectivity index (χ2v) is 5.12. The van der Waals surface area contributed by atoms with E-state index in [9.17, 15) is 4.79 Å². The van der Waals surface area contributed by atoms with E-state index in [0.717, 1.165) is 24.8 Å². The van der Waals surface area contributed by atoms with Gasteiger partial charge in [-0.05, 0) is 31.9 Å². The second-order valence-electron chi connectivity index (χ2n) is 4.73. The Morgan fingerprint density at radius 3 is 2.95 bits per heavy atom. The van der Waals surface area contributed by atoms with Gasteiger partial charge in [-0.2, -0.15) is 5.10 Å².